The number of rotatable bonds is 5. The van der Waals surface area contributed by atoms with Gasteiger partial charge in [0.05, 0.1) is 10.7 Å². The Kier molecular flexibility index (Phi) is 4.92. The molecule has 2 aromatic rings. The van der Waals surface area contributed by atoms with Crippen molar-refractivity contribution in [2.45, 2.75) is 26.3 Å². The third-order valence-electron chi connectivity index (χ3n) is 2.85. The number of nitrogens with zero attached hydrogens (tertiary/aromatic N) is 1. The van der Waals surface area contributed by atoms with E-state index in [1.165, 1.54) is 11.3 Å². The van der Waals surface area contributed by atoms with Crippen LogP contribution >= 0.6 is 27.3 Å². The second-order valence-electron chi connectivity index (χ2n) is 4.34. The number of hydrogen-bond acceptors (Lipinski definition) is 3. The van der Waals surface area contributed by atoms with Crippen molar-refractivity contribution < 1.29 is 0 Å². The molecule has 1 heterocycles. The highest BCUT2D eigenvalue weighted by molar-refractivity contribution is 9.10. The molecule has 0 bridgehead atoms. The smallest absolute Gasteiger partial charge is 0.0897 e. The van der Waals surface area contributed by atoms with E-state index in [4.69, 9.17) is 0 Å². The van der Waals surface area contributed by atoms with Gasteiger partial charge in [0.15, 0.2) is 0 Å². The van der Waals surface area contributed by atoms with Gasteiger partial charge in [0.25, 0.3) is 0 Å². The first-order valence-corrected chi connectivity index (χ1v) is 7.72. The van der Waals surface area contributed by atoms with Gasteiger partial charge in [0.1, 0.15) is 0 Å². The Morgan fingerprint density at radius 3 is 2.94 bits per heavy atom. The number of benzene rings is 1. The van der Waals surface area contributed by atoms with Crippen LogP contribution in [0.15, 0.2) is 34.1 Å². The first kappa shape index (κ1) is 13.7. The van der Waals surface area contributed by atoms with Crippen LogP contribution in [0.3, 0.4) is 0 Å². The Balaban J connectivity index is 1.83. The lowest BCUT2D eigenvalue weighted by Gasteiger charge is -2.14. The molecule has 1 atom stereocenters. The fourth-order valence-corrected chi connectivity index (χ4v) is 2.90. The molecule has 0 saturated carbocycles. The Bertz CT molecular complexity index is 510. The maximum absolute atomic E-state index is 4.47. The lowest BCUT2D eigenvalue weighted by Crippen LogP contribution is -2.21. The quantitative estimate of drug-likeness (QED) is 0.895. The number of aryl methyl sites for hydroxylation is 1. The summed E-state index contributed by atoms with van der Waals surface area (Å²) in [5.74, 6) is 0. The monoisotopic (exact) mass is 324 g/mol. The van der Waals surface area contributed by atoms with Crippen molar-refractivity contribution in [2.24, 2.45) is 0 Å². The molecule has 2 rings (SSSR count). The molecule has 0 aliphatic rings. The van der Waals surface area contributed by atoms with Crippen molar-refractivity contribution in [3.8, 4) is 0 Å². The van der Waals surface area contributed by atoms with Crippen LogP contribution in [-0.2, 0) is 6.42 Å². The molecule has 2 nitrogen and oxygen atoms in total. The van der Waals surface area contributed by atoms with E-state index in [1.54, 1.807) is 11.3 Å². The molecule has 4 heteroatoms. The van der Waals surface area contributed by atoms with Crippen molar-refractivity contribution in [3.05, 3.63) is 50.4 Å². The van der Waals surface area contributed by atoms with Crippen molar-refractivity contribution in [1.82, 2.24) is 10.3 Å². The maximum atomic E-state index is 4.47. The van der Waals surface area contributed by atoms with Gasteiger partial charge < -0.3 is 5.32 Å². The lowest BCUT2D eigenvalue weighted by molar-refractivity contribution is 0.574. The number of aromatic nitrogens is 1. The molecule has 0 fully saturated rings. The van der Waals surface area contributed by atoms with Gasteiger partial charge in [-0.1, -0.05) is 28.1 Å². The largest absolute Gasteiger partial charge is 0.310 e. The summed E-state index contributed by atoms with van der Waals surface area (Å²) in [5.41, 5.74) is 2.49. The SMILES string of the molecule is Cc1nc(CCNC(C)c2cccc(Br)c2)cs1. The molecule has 18 heavy (non-hydrogen) atoms. The van der Waals surface area contributed by atoms with E-state index in [0.29, 0.717) is 6.04 Å². The van der Waals surface area contributed by atoms with Crippen LogP contribution in [0.4, 0.5) is 0 Å². The van der Waals surface area contributed by atoms with Gasteiger partial charge in [-0.15, -0.1) is 11.3 Å². The van der Waals surface area contributed by atoms with Gasteiger partial charge in [-0.05, 0) is 31.5 Å². The minimum Gasteiger partial charge on any atom is -0.310 e. The average Bonchev–Trinajstić information content (AvgIpc) is 2.75. The highest BCUT2D eigenvalue weighted by Crippen LogP contribution is 2.17. The lowest BCUT2D eigenvalue weighted by atomic mass is 10.1. The zero-order valence-electron chi connectivity index (χ0n) is 10.6. The number of thiazole rings is 1. The summed E-state index contributed by atoms with van der Waals surface area (Å²) in [5, 5.41) is 6.81. The third kappa shape index (κ3) is 3.90. The van der Waals surface area contributed by atoms with E-state index in [1.807, 2.05) is 13.0 Å². The second-order valence-corrected chi connectivity index (χ2v) is 6.32. The maximum Gasteiger partial charge on any atom is 0.0897 e. The fourth-order valence-electron chi connectivity index (χ4n) is 1.83. The Morgan fingerprint density at radius 1 is 1.44 bits per heavy atom. The summed E-state index contributed by atoms with van der Waals surface area (Å²) >= 11 is 5.22. The van der Waals surface area contributed by atoms with Crippen molar-refractivity contribution >= 4 is 27.3 Å². The van der Waals surface area contributed by atoms with Crippen LogP contribution in [0.5, 0.6) is 0 Å². The van der Waals surface area contributed by atoms with Crippen LogP contribution in [0.2, 0.25) is 0 Å². The predicted molar refractivity (Wildman–Crippen MR) is 81.1 cm³/mol. The summed E-state index contributed by atoms with van der Waals surface area (Å²) in [7, 11) is 0. The molecule has 1 aromatic heterocycles. The first-order chi connectivity index (χ1) is 8.65. The first-order valence-electron chi connectivity index (χ1n) is 6.05. The Hall–Kier alpha value is -0.710. The van der Waals surface area contributed by atoms with Gasteiger partial charge in [0, 0.05) is 28.9 Å². The molecule has 0 radical (unpaired) electrons. The van der Waals surface area contributed by atoms with Crippen molar-refractivity contribution in [2.75, 3.05) is 6.54 Å². The molecule has 0 saturated heterocycles. The van der Waals surface area contributed by atoms with E-state index in [0.717, 1.165) is 22.4 Å². The normalized spacial score (nSPS) is 12.6. The Labute approximate surface area is 121 Å². The molecule has 1 aromatic carbocycles. The van der Waals surface area contributed by atoms with Gasteiger partial charge in [0.2, 0.25) is 0 Å². The van der Waals surface area contributed by atoms with Gasteiger partial charge in [-0.25, -0.2) is 4.98 Å². The van der Waals surface area contributed by atoms with E-state index in [9.17, 15) is 0 Å². The highest BCUT2D eigenvalue weighted by atomic mass is 79.9. The molecule has 96 valence electrons. The molecular weight excluding hydrogens is 308 g/mol. The number of nitrogens with one attached hydrogen (secondary N) is 1. The number of halogens is 1. The van der Waals surface area contributed by atoms with Crippen LogP contribution in [0, 0.1) is 6.92 Å². The van der Waals surface area contributed by atoms with E-state index in [-0.39, 0.29) is 0 Å². The van der Waals surface area contributed by atoms with Crippen molar-refractivity contribution in [3.63, 3.8) is 0 Å². The molecule has 1 N–H and O–H groups in total. The molecule has 0 spiro atoms. The van der Waals surface area contributed by atoms with Gasteiger partial charge >= 0.3 is 0 Å². The Morgan fingerprint density at radius 2 is 2.28 bits per heavy atom. The van der Waals surface area contributed by atoms with E-state index in [2.05, 4.69) is 56.7 Å². The predicted octanol–water partition coefficient (Wildman–Crippen LogP) is 4.11. The zero-order chi connectivity index (χ0) is 13.0. The van der Waals surface area contributed by atoms with Crippen LogP contribution in [0.25, 0.3) is 0 Å². The van der Waals surface area contributed by atoms with Crippen LogP contribution in [0.1, 0.15) is 29.2 Å². The average molecular weight is 325 g/mol. The third-order valence-corrected chi connectivity index (χ3v) is 4.16. The van der Waals surface area contributed by atoms with Gasteiger partial charge in [-0.2, -0.15) is 0 Å². The summed E-state index contributed by atoms with van der Waals surface area (Å²) in [6.45, 7) is 5.19. The second kappa shape index (κ2) is 6.45. The summed E-state index contributed by atoms with van der Waals surface area (Å²) in [6.07, 6.45) is 0.989. The topological polar surface area (TPSA) is 24.9 Å². The molecule has 0 amide bonds. The van der Waals surface area contributed by atoms with Gasteiger partial charge in [-0.3, -0.25) is 0 Å². The summed E-state index contributed by atoms with van der Waals surface area (Å²) in [6, 6.07) is 8.79. The minimum atomic E-state index is 0.363. The van der Waals surface area contributed by atoms with E-state index < -0.39 is 0 Å². The summed E-state index contributed by atoms with van der Waals surface area (Å²) < 4.78 is 1.13. The summed E-state index contributed by atoms with van der Waals surface area (Å²) in [4.78, 5) is 4.47. The molecule has 1 unspecified atom stereocenters. The molecule has 0 aliphatic carbocycles. The molecule has 0 aliphatic heterocycles. The highest BCUT2D eigenvalue weighted by Gasteiger charge is 2.05. The zero-order valence-corrected chi connectivity index (χ0v) is 13.0. The molecular formula is C14H17BrN2S. The standard InChI is InChI=1S/C14H17BrN2S/c1-10(12-4-3-5-13(15)8-12)16-7-6-14-9-18-11(2)17-14/h3-5,8-10,16H,6-7H2,1-2H3. The van der Waals surface area contributed by atoms with Crippen molar-refractivity contribution in [1.29, 1.82) is 0 Å². The van der Waals surface area contributed by atoms with Crippen LogP contribution in [-0.4, -0.2) is 11.5 Å². The fraction of sp³-hybridized carbons (Fsp3) is 0.357. The number of hydrogen-bond donors (Lipinski definition) is 1. The van der Waals surface area contributed by atoms with Crippen LogP contribution < -0.4 is 5.32 Å². The van der Waals surface area contributed by atoms with E-state index >= 15 is 0 Å². The minimum absolute atomic E-state index is 0.363.